The lowest BCUT2D eigenvalue weighted by atomic mass is 9.82. The second-order valence-electron chi connectivity index (χ2n) is 16.0. The Morgan fingerprint density at radius 3 is 2.48 bits per heavy atom. The Kier molecular flexibility index (Phi) is 9.86. The fourth-order valence-corrected chi connectivity index (χ4v) is 12.0. The van der Waals surface area contributed by atoms with Crippen LogP contribution in [0.4, 0.5) is 11.4 Å². The highest BCUT2D eigenvalue weighted by Gasteiger charge is 2.66. The van der Waals surface area contributed by atoms with E-state index < -0.39 is 31.5 Å². The van der Waals surface area contributed by atoms with Gasteiger partial charge in [-0.05, 0) is 78.2 Å². The molecule has 4 N–H and O–H groups in total. The first-order valence-electron chi connectivity index (χ1n) is 19.2. The number of anilines is 2. The monoisotopic (exact) mass is 772 g/mol. The van der Waals surface area contributed by atoms with E-state index in [-0.39, 0.29) is 49.8 Å². The summed E-state index contributed by atoms with van der Waals surface area (Å²) in [7, 11) is -1.48. The predicted octanol–water partition coefficient (Wildman–Crippen LogP) is 6.04. The molecule has 4 heterocycles. The van der Waals surface area contributed by atoms with E-state index >= 15 is 4.79 Å². The van der Waals surface area contributed by atoms with Crippen molar-refractivity contribution in [1.82, 2.24) is 9.88 Å². The standard InChI is InChI=1S/C44H48N4O7Si/c1-27-42(56(3,4)53)39(22-41(51)47-25-30-10-6-5-9-29(30)19-33(47)26-49)55-44(27)36-21-34(54-2)17-18-38(36)48(43(44)52)24-28-13-15-32(16-14-28)46-40(50)20-31-23-45-37-12-8-7-11-35(31)37/h5-18,21,23,27,33,39,42,45,49,53H,19-20,22,24-26H2,1-4H3,(H,46,50)/t27-,33-,39+,42-,44+/m0/s1. The largest absolute Gasteiger partial charge is 0.497 e. The summed E-state index contributed by atoms with van der Waals surface area (Å²) in [6.07, 6.45) is 1.86. The molecule has 1 aromatic heterocycles. The summed E-state index contributed by atoms with van der Waals surface area (Å²) in [6, 6.07) is 28.4. The number of carbonyl (C=O) groups excluding carboxylic acids is 3. The number of nitrogens with one attached hydrogen (secondary N) is 2. The summed E-state index contributed by atoms with van der Waals surface area (Å²) in [5, 5.41) is 14.3. The summed E-state index contributed by atoms with van der Waals surface area (Å²) < 4.78 is 12.6. The van der Waals surface area contributed by atoms with Gasteiger partial charge in [0.1, 0.15) is 5.75 Å². The molecule has 1 fully saturated rings. The molecule has 12 heteroatoms. The van der Waals surface area contributed by atoms with Gasteiger partial charge < -0.3 is 39.5 Å². The maximum absolute atomic E-state index is 15.0. The summed E-state index contributed by atoms with van der Waals surface area (Å²) in [6.45, 7) is 6.07. The normalized spacial score (nSPS) is 23.1. The molecule has 0 radical (unpaired) electrons. The van der Waals surface area contributed by atoms with Crippen molar-refractivity contribution in [3.63, 3.8) is 0 Å². The van der Waals surface area contributed by atoms with Gasteiger partial charge in [0, 0.05) is 46.4 Å². The first-order chi connectivity index (χ1) is 26.9. The number of carbonyl (C=O) groups is 3. The van der Waals surface area contributed by atoms with Gasteiger partial charge >= 0.3 is 0 Å². The van der Waals surface area contributed by atoms with Crippen LogP contribution in [-0.4, -0.2) is 71.7 Å². The van der Waals surface area contributed by atoms with Crippen LogP contribution in [-0.2, 0) is 50.7 Å². The van der Waals surface area contributed by atoms with E-state index in [1.165, 1.54) is 0 Å². The van der Waals surface area contributed by atoms with Gasteiger partial charge in [0.05, 0.1) is 50.9 Å². The fraction of sp³-hybridized carbons (Fsp3) is 0.341. The van der Waals surface area contributed by atoms with Gasteiger partial charge in [-0.25, -0.2) is 0 Å². The lowest BCUT2D eigenvalue weighted by molar-refractivity contribution is -0.151. The van der Waals surface area contributed by atoms with E-state index in [2.05, 4.69) is 10.3 Å². The highest BCUT2D eigenvalue weighted by molar-refractivity contribution is 6.71. The van der Waals surface area contributed by atoms with Crippen molar-refractivity contribution in [1.29, 1.82) is 0 Å². The van der Waals surface area contributed by atoms with Crippen molar-refractivity contribution in [3.8, 4) is 5.75 Å². The molecule has 11 nitrogen and oxygen atoms in total. The van der Waals surface area contributed by atoms with Crippen molar-refractivity contribution >= 4 is 48.3 Å². The lowest BCUT2D eigenvalue weighted by Gasteiger charge is -2.37. The molecule has 0 unspecified atom stereocenters. The molecule has 3 amide bonds. The third-order valence-corrected chi connectivity index (χ3v) is 14.6. The molecule has 5 aromatic rings. The second kappa shape index (κ2) is 14.7. The number of rotatable bonds is 10. The first kappa shape index (κ1) is 37.6. The van der Waals surface area contributed by atoms with Gasteiger partial charge in [0.15, 0.2) is 13.9 Å². The van der Waals surface area contributed by atoms with Crippen LogP contribution in [0.1, 0.15) is 41.2 Å². The number of hydrogen-bond acceptors (Lipinski definition) is 7. The molecule has 0 bridgehead atoms. The SMILES string of the molecule is COc1ccc2c(c1)[C@@]1(O[C@H](CC(=O)N3Cc4ccccc4C[C@H]3CO)[C@@H]([Si](C)(C)O)[C@@H]1C)C(=O)N2Cc1ccc(NC(=O)Cc2c[nH]c3ccccc23)cc1. The van der Waals surface area contributed by atoms with Crippen molar-refractivity contribution in [2.24, 2.45) is 5.92 Å². The number of fused-ring (bicyclic) bond motifs is 4. The quantitative estimate of drug-likeness (QED) is 0.127. The number of benzene rings is 4. The number of aliphatic hydroxyl groups is 1. The molecular formula is C44H48N4O7Si. The van der Waals surface area contributed by atoms with Crippen molar-refractivity contribution < 1.29 is 33.8 Å². The van der Waals surface area contributed by atoms with Gasteiger partial charge in [0.25, 0.3) is 5.91 Å². The number of aromatic nitrogens is 1. The van der Waals surface area contributed by atoms with E-state index in [4.69, 9.17) is 9.47 Å². The zero-order valence-corrected chi connectivity index (χ0v) is 33.1. The van der Waals surface area contributed by atoms with Crippen LogP contribution in [0.5, 0.6) is 5.75 Å². The topological polar surface area (TPSA) is 144 Å². The molecule has 1 saturated heterocycles. The molecule has 56 heavy (non-hydrogen) atoms. The Morgan fingerprint density at radius 1 is 1.02 bits per heavy atom. The van der Waals surface area contributed by atoms with Gasteiger partial charge in [0.2, 0.25) is 11.8 Å². The minimum atomic E-state index is -3.05. The number of hydrogen-bond donors (Lipinski definition) is 4. The summed E-state index contributed by atoms with van der Waals surface area (Å²) in [4.78, 5) is 60.7. The highest BCUT2D eigenvalue weighted by atomic mass is 28.4. The first-order valence-corrected chi connectivity index (χ1v) is 22.2. The number of para-hydroxylation sites is 1. The van der Waals surface area contributed by atoms with E-state index in [0.717, 1.165) is 33.2 Å². The molecule has 290 valence electrons. The molecule has 0 aliphatic carbocycles. The molecular weight excluding hydrogens is 725 g/mol. The molecule has 1 spiro atoms. The van der Waals surface area contributed by atoms with Gasteiger partial charge in [-0.2, -0.15) is 0 Å². The van der Waals surface area contributed by atoms with Crippen molar-refractivity contribution in [2.45, 2.75) is 75.7 Å². The minimum absolute atomic E-state index is 0.0352. The smallest absolute Gasteiger partial charge is 0.264 e. The number of nitrogens with zero attached hydrogens (tertiary/aromatic N) is 2. The van der Waals surface area contributed by atoms with Gasteiger partial charge in [-0.1, -0.05) is 61.5 Å². The van der Waals surface area contributed by atoms with Crippen LogP contribution < -0.4 is 15.0 Å². The second-order valence-corrected chi connectivity index (χ2v) is 19.9. The maximum Gasteiger partial charge on any atom is 0.264 e. The zero-order chi connectivity index (χ0) is 39.4. The third kappa shape index (κ3) is 6.60. The van der Waals surface area contributed by atoms with Crippen molar-refractivity contribution in [2.75, 3.05) is 23.9 Å². The van der Waals surface area contributed by atoms with E-state index in [0.29, 0.717) is 35.7 Å². The Bertz CT molecular complexity index is 2300. The van der Waals surface area contributed by atoms with Crippen LogP contribution in [0, 0.1) is 5.92 Å². The van der Waals surface area contributed by atoms with E-state index in [9.17, 15) is 19.5 Å². The Hall–Kier alpha value is -5.27. The average molecular weight is 773 g/mol. The maximum atomic E-state index is 15.0. The van der Waals surface area contributed by atoms with Crippen LogP contribution in [0.15, 0.2) is 97.2 Å². The number of ether oxygens (including phenoxy) is 2. The summed E-state index contributed by atoms with van der Waals surface area (Å²) >= 11 is 0. The number of H-pyrrole nitrogens is 1. The number of aromatic amines is 1. The van der Waals surface area contributed by atoms with Crippen LogP contribution in [0.2, 0.25) is 18.6 Å². The Labute approximate surface area is 327 Å². The van der Waals surface area contributed by atoms with Crippen LogP contribution >= 0.6 is 0 Å². The Morgan fingerprint density at radius 2 is 1.75 bits per heavy atom. The fourth-order valence-electron chi connectivity index (χ4n) is 9.40. The van der Waals surface area contributed by atoms with Crippen LogP contribution in [0.3, 0.4) is 0 Å². The van der Waals surface area contributed by atoms with Crippen molar-refractivity contribution in [3.05, 3.63) is 125 Å². The predicted molar refractivity (Wildman–Crippen MR) is 217 cm³/mol. The summed E-state index contributed by atoms with van der Waals surface area (Å²) in [5.41, 5.74) is 4.96. The average Bonchev–Trinajstić information content (AvgIpc) is 3.81. The van der Waals surface area contributed by atoms with E-state index in [1.807, 2.05) is 117 Å². The minimum Gasteiger partial charge on any atom is -0.497 e. The van der Waals surface area contributed by atoms with Gasteiger partial charge in [-0.15, -0.1) is 0 Å². The number of amides is 3. The van der Waals surface area contributed by atoms with Gasteiger partial charge in [-0.3, -0.25) is 14.4 Å². The number of methoxy groups -OCH3 is 1. The molecule has 3 aliphatic rings. The highest BCUT2D eigenvalue weighted by Crippen LogP contribution is 2.60. The lowest BCUT2D eigenvalue weighted by Crippen LogP contribution is -2.48. The third-order valence-electron chi connectivity index (χ3n) is 12.1. The molecule has 4 aromatic carbocycles. The molecule has 3 aliphatic heterocycles. The zero-order valence-electron chi connectivity index (χ0n) is 32.1. The Balaban J connectivity index is 1.04. The molecule has 0 saturated carbocycles. The molecule has 8 rings (SSSR count). The summed E-state index contributed by atoms with van der Waals surface area (Å²) in [5.74, 6) is -0.485. The number of aliphatic hydroxyl groups excluding tert-OH is 1. The van der Waals surface area contributed by atoms with E-state index in [1.54, 1.807) is 16.9 Å². The molecule has 5 atom stereocenters. The van der Waals surface area contributed by atoms with Crippen LogP contribution in [0.25, 0.3) is 10.9 Å².